The summed E-state index contributed by atoms with van der Waals surface area (Å²) >= 11 is 3.08. The number of hydrogen-bond donors (Lipinski definition) is 0. The predicted molar refractivity (Wildman–Crippen MR) is 46.7 cm³/mol. The molecule has 76 valence electrons. The maximum atomic E-state index is 12.6. The van der Waals surface area contributed by atoms with Gasteiger partial charge in [0.1, 0.15) is 11.2 Å². The number of aromatic nitrogens is 2. The third-order valence-corrected chi connectivity index (χ3v) is 2.75. The van der Waals surface area contributed by atoms with E-state index in [2.05, 4.69) is 25.9 Å². The fraction of sp³-hybridized carbons (Fsp3) is 0.500. The summed E-state index contributed by atoms with van der Waals surface area (Å²) in [6.07, 6.45) is -1.36. The average Bonchev–Trinajstić information content (AvgIpc) is 2.84. The molecule has 1 aliphatic carbocycles. The number of nitrogens with zero attached hydrogens (tertiary/aromatic N) is 2. The maximum absolute atomic E-state index is 12.6. The Hall–Kier alpha value is -0.650. The molecular formula is C8H6BrF3N2. The minimum Gasteiger partial charge on any atom is -0.239 e. The molecule has 0 atom stereocenters. The topological polar surface area (TPSA) is 25.8 Å². The van der Waals surface area contributed by atoms with Crippen LogP contribution in [0.1, 0.15) is 18.7 Å². The van der Waals surface area contributed by atoms with E-state index in [1.54, 1.807) is 0 Å². The molecule has 2 rings (SSSR count). The average molecular weight is 267 g/mol. The highest BCUT2D eigenvalue weighted by molar-refractivity contribution is 9.10. The Morgan fingerprint density at radius 3 is 2.07 bits per heavy atom. The van der Waals surface area contributed by atoms with E-state index in [4.69, 9.17) is 0 Å². The number of alkyl halides is 3. The summed E-state index contributed by atoms with van der Waals surface area (Å²) in [5, 5.41) is 0. The van der Waals surface area contributed by atoms with Crippen LogP contribution in [0.25, 0.3) is 0 Å². The van der Waals surface area contributed by atoms with Crippen molar-refractivity contribution in [1.29, 1.82) is 0 Å². The monoisotopic (exact) mass is 266 g/mol. The molecule has 0 unspecified atom stereocenters. The van der Waals surface area contributed by atoms with Gasteiger partial charge in [-0.3, -0.25) is 0 Å². The predicted octanol–water partition coefficient (Wildman–Crippen LogP) is 2.83. The summed E-state index contributed by atoms with van der Waals surface area (Å²) in [6, 6.07) is 0. The molecule has 1 heterocycles. The second kappa shape index (κ2) is 2.92. The summed E-state index contributed by atoms with van der Waals surface area (Å²) in [5.74, 6) is -0.117. The van der Waals surface area contributed by atoms with Crippen LogP contribution in [0.3, 0.4) is 0 Å². The molecule has 0 saturated heterocycles. The van der Waals surface area contributed by atoms with Crippen molar-refractivity contribution in [3.05, 3.63) is 22.7 Å². The smallest absolute Gasteiger partial charge is 0.239 e. The molecular weight excluding hydrogens is 261 g/mol. The van der Waals surface area contributed by atoms with E-state index in [0.717, 1.165) is 0 Å². The van der Waals surface area contributed by atoms with Gasteiger partial charge in [0.25, 0.3) is 0 Å². The van der Waals surface area contributed by atoms with Gasteiger partial charge in [0.2, 0.25) is 0 Å². The second-order valence-corrected chi connectivity index (χ2v) is 4.22. The lowest BCUT2D eigenvalue weighted by Gasteiger charge is -2.16. The number of rotatable bonds is 1. The summed E-state index contributed by atoms with van der Waals surface area (Å²) in [6.45, 7) is 0. The summed E-state index contributed by atoms with van der Waals surface area (Å²) in [5.41, 5.74) is -1.77. The molecule has 1 aliphatic rings. The lowest BCUT2D eigenvalue weighted by Crippen LogP contribution is -2.30. The van der Waals surface area contributed by atoms with E-state index < -0.39 is 11.6 Å². The van der Waals surface area contributed by atoms with Gasteiger partial charge in [-0.15, -0.1) is 0 Å². The first kappa shape index (κ1) is 9.89. The van der Waals surface area contributed by atoms with Crippen LogP contribution in [-0.4, -0.2) is 16.1 Å². The van der Waals surface area contributed by atoms with Gasteiger partial charge in [-0.05, 0) is 28.8 Å². The molecule has 0 bridgehead atoms. The molecule has 0 spiro atoms. The van der Waals surface area contributed by atoms with Gasteiger partial charge >= 0.3 is 6.18 Å². The first-order valence-electron chi connectivity index (χ1n) is 4.00. The van der Waals surface area contributed by atoms with Crippen molar-refractivity contribution in [3.8, 4) is 0 Å². The number of halogens is 4. The Morgan fingerprint density at radius 1 is 1.21 bits per heavy atom. The molecule has 1 aromatic rings. The molecule has 0 aliphatic heterocycles. The van der Waals surface area contributed by atoms with Gasteiger partial charge in [-0.25, -0.2) is 9.97 Å². The van der Waals surface area contributed by atoms with E-state index in [0.29, 0.717) is 4.47 Å². The Kier molecular flexibility index (Phi) is 2.06. The van der Waals surface area contributed by atoms with Crippen molar-refractivity contribution in [2.75, 3.05) is 0 Å². The van der Waals surface area contributed by atoms with E-state index in [1.165, 1.54) is 12.4 Å². The van der Waals surface area contributed by atoms with Gasteiger partial charge in [0.15, 0.2) is 0 Å². The minimum absolute atomic E-state index is 0.0954. The molecule has 14 heavy (non-hydrogen) atoms. The lowest BCUT2D eigenvalue weighted by molar-refractivity contribution is -0.162. The Balaban J connectivity index is 2.36. The Morgan fingerprint density at radius 2 is 1.71 bits per heavy atom. The van der Waals surface area contributed by atoms with Gasteiger partial charge in [0, 0.05) is 12.4 Å². The van der Waals surface area contributed by atoms with Crippen LogP contribution in [0, 0.1) is 0 Å². The fourth-order valence-electron chi connectivity index (χ4n) is 1.32. The van der Waals surface area contributed by atoms with Crippen LogP contribution in [-0.2, 0) is 5.41 Å². The molecule has 1 fully saturated rings. The van der Waals surface area contributed by atoms with Crippen molar-refractivity contribution in [2.24, 2.45) is 0 Å². The second-order valence-electron chi connectivity index (χ2n) is 3.30. The van der Waals surface area contributed by atoms with Crippen molar-refractivity contribution < 1.29 is 13.2 Å². The van der Waals surface area contributed by atoms with Crippen LogP contribution >= 0.6 is 15.9 Å². The van der Waals surface area contributed by atoms with Crippen LogP contribution in [0.15, 0.2) is 16.9 Å². The van der Waals surface area contributed by atoms with Gasteiger partial charge in [-0.1, -0.05) is 0 Å². The molecule has 2 nitrogen and oxygen atoms in total. The van der Waals surface area contributed by atoms with E-state index in [1.807, 2.05) is 0 Å². The minimum atomic E-state index is -4.24. The van der Waals surface area contributed by atoms with Crippen molar-refractivity contribution in [3.63, 3.8) is 0 Å². The first-order chi connectivity index (χ1) is 6.46. The van der Waals surface area contributed by atoms with Gasteiger partial charge in [0.05, 0.1) is 4.47 Å². The first-order valence-corrected chi connectivity index (χ1v) is 4.80. The van der Waals surface area contributed by atoms with Crippen molar-refractivity contribution >= 4 is 15.9 Å². The van der Waals surface area contributed by atoms with Crippen molar-refractivity contribution in [2.45, 2.75) is 24.4 Å². The summed E-state index contributed by atoms with van der Waals surface area (Å²) in [4.78, 5) is 7.40. The van der Waals surface area contributed by atoms with Crippen LogP contribution in [0.5, 0.6) is 0 Å². The molecule has 0 N–H and O–H groups in total. The van der Waals surface area contributed by atoms with E-state index in [-0.39, 0.29) is 18.7 Å². The third-order valence-electron chi connectivity index (χ3n) is 2.34. The standard InChI is InChI=1S/C8H6BrF3N2/c9-5-3-13-6(14-4-5)7(1-2-7)8(10,11)12/h3-4H,1-2H2. The molecule has 0 amide bonds. The molecule has 0 aromatic carbocycles. The van der Waals surface area contributed by atoms with E-state index in [9.17, 15) is 13.2 Å². The maximum Gasteiger partial charge on any atom is 0.401 e. The largest absolute Gasteiger partial charge is 0.401 e. The number of hydrogen-bond acceptors (Lipinski definition) is 2. The molecule has 0 radical (unpaired) electrons. The van der Waals surface area contributed by atoms with Crippen LogP contribution in [0.4, 0.5) is 13.2 Å². The van der Waals surface area contributed by atoms with Gasteiger partial charge < -0.3 is 0 Å². The summed E-state index contributed by atoms with van der Waals surface area (Å²) < 4.78 is 38.4. The lowest BCUT2D eigenvalue weighted by atomic mass is 10.1. The highest BCUT2D eigenvalue weighted by Gasteiger charge is 2.66. The molecule has 6 heteroatoms. The highest BCUT2D eigenvalue weighted by Crippen LogP contribution is 2.57. The third kappa shape index (κ3) is 1.41. The zero-order valence-electron chi connectivity index (χ0n) is 6.98. The van der Waals surface area contributed by atoms with E-state index >= 15 is 0 Å². The highest BCUT2D eigenvalue weighted by atomic mass is 79.9. The van der Waals surface area contributed by atoms with Crippen molar-refractivity contribution in [1.82, 2.24) is 9.97 Å². The Bertz CT molecular complexity index is 343. The van der Waals surface area contributed by atoms with Gasteiger partial charge in [-0.2, -0.15) is 13.2 Å². The van der Waals surface area contributed by atoms with Crippen LogP contribution < -0.4 is 0 Å². The zero-order chi connectivity index (χ0) is 10.4. The fourth-order valence-corrected chi connectivity index (χ4v) is 1.52. The normalized spacial score (nSPS) is 19.4. The summed E-state index contributed by atoms with van der Waals surface area (Å²) in [7, 11) is 0. The Labute approximate surface area is 86.7 Å². The SMILES string of the molecule is FC(F)(F)C1(c2ncc(Br)cn2)CC1. The molecule has 1 saturated carbocycles. The van der Waals surface area contributed by atoms with Crippen LogP contribution in [0.2, 0.25) is 0 Å². The molecule has 1 aromatic heterocycles. The zero-order valence-corrected chi connectivity index (χ0v) is 8.56. The quantitative estimate of drug-likeness (QED) is 0.781.